The summed E-state index contributed by atoms with van der Waals surface area (Å²) in [5.41, 5.74) is 2.76. The molecule has 1 aromatic carbocycles. The second kappa shape index (κ2) is 7.57. The number of nitrogens with zero attached hydrogens (tertiary/aromatic N) is 3. The van der Waals surface area contributed by atoms with Crippen molar-refractivity contribution in [2.75, 3.05) is 0 Å². The van der Waals surface area contributed by atoms with Crippen molar-refractivity contribution in [3.05, 3.63) is 47.3 Å². The van der Waals surface area contributed by atoms with Gasteiger partial charge in [-0.3, -0.25) is 4.79 Å². The smallest absolute Gasteiger partial charge is 0.224 e. The van der Waals surface area contributed by atoms with Crippen LogP contribution in [0.15, 0.2) is 30.5 Å². The normalized spacial score (nSPS) is 20.8. The van der Waals surface area contributed by atoms with Gasteiger partial charge in [0.2, 0.25) is 5.91 Å². The highest BCUT2D eigenvalue weighted by Crippen LogP contribution is 2.28. The van der Waals surface area contributed by atoms with Crippen molar-refractivity contribution in [1.29, 1.82) is 0 Å². The fraction of sp³-hybridized carbons (Fsp3) is 0.500. The minimum Gasteiger partial charge on any atom is -0.390 e. The third kappa shape index (κ3) is 3.82. The predicted octanol–water partition coefficient (Wildman–Crippen LogP) is 1.92. The Bertz CT molecular complexity index is 698. The average Bonchev–Trinajstić information content (AvgIpc) is 3.06. The van der Waals surface area contributed by atoms with Crippen molar-refractivity contribution in [3.63, 3.8) is 0 Å². The lowest BCUT2D eigenvalue weighted by molar-refractivity contribution is -0.121. The van der Waals surface area contributed by atoms with Crippen molar-refractivity contribution >= 4 is 5.91 Å². The number of aliphatic hydroxyl groups is 1. The van der Waals surface area contributed by atoms with E-state index in [1.807, 2.05) is 31.2 Å². The molecule has 0 bridgehead atoms. The summed E-state index contributed by atoms with van der Waals surface area (Å²) in [6, 6.07) is 8.13. The SMILES string of the molecule is Cc1ccccc1CC(=O)N[C@H]1CCCC[C@H]1n1cc(CO)nn1. The molecule has 1 amide bonds. The molecule has 1 aliphatic rings. The Hall–Kier alpha value is -2.21. The number of aryl methyl sites for hydroxylation is 1. The summed E-state index contributed by atoms with van der Waals surface area (Å²) >= 11 is 0. The van der Waals surface area contributed by atoms with Crippen LogP contribution in [0.4, 0.5) is 0 Å². The van der Waals surface area contributed by atoms with Gasteiger partial charge in [-0.1, -0.05) is 42.3 Å². The van der Waals surface area contributed by atoms with Crippen molar-refractivity contribution in [3.8, 4) is 0 Å². The van der Waals surface area contributed by atoms with Gasteiger partial charge >= 0.3 is 0 Å². The molecule has 24 heavy (non-hydrogen) atoms. The van der Waals surface area contributed by atoms with E-state index >= 15 is 0 Å². The molecular formula is C18H24N4O2. The number of hydrogen-bond acceptors (Lipinski definition) is 4. The molecule has 1 aromatic heterocycles. The van der Waals surface area contributed by atoms with Crippen LogP contribution >= 0.6 is 0 Å². The van der Waals surface area contributed by atoms with E-state index in [0.29, 0.717) is 12.1 Å². The molecule has 1 aliphatic carbocycles. The van der Waals surface area contributed by atoms with Gasteiger partial charge in [-0.2, -0.15) is 0 Å². The Morgan fingerprint density at radius 2 is 2.12 bits per heavy atom. The molecule has 0 radical (unpaired) electrons. The van der Waals surface area contributed by atoms with Crippen molar-refractivity contribution in [2.24, 2.45) is 0 Å². The molecule has 6 heteroatoms. The predicted molar refractivity (Wildman–Crippen MR) is 90.3 cm³/mol. The minimum atomic E-state index is -0.114. The molecule has 3 rings (SSSR count). The van der Waals surface area contributed by atoms with E-state index in [0.717, 1.165) is 36.8 Å². The average molecular weight is 328 g/mol. The van der Waals surface area contributed by atoms with Crippen LogP contribution in [0.2, 0.25) is 0 Å². The van der Waals surface area contributed by atoms with E-state index in [-0.39, 0.29) is 24.6 Å². The first-order chi connectivity index (χ1) is 11.7. The Morgan fingerprint density at radius 1 is 1.33 bits per heavy atom. The summed E-state index contributed by atoms with van der Waals surface area (Å²) in [5.74, 6) is 0.0451. The minimum absolute atomic E-state index is 0.0451. The third-order valence-electron chi connectivity index (χ3n) is 4.75. The van der Waals surface area contributed by atoms with E-state index in [1.165, 1.54) is 0 Å². The van der Waals surface area contributed by atoms with Gasteiger partial charge in [0.15, 0.2) is 0 Å². The number of carbonyl (C=O) groups is 1. The van der Waals surface area contributed by atoms with Crippen LogP contribution in [-0.2, 0) is 17.8 Å². The number of carbonyl (C=O) groups excluding carboxylic acids is 1. The van der Waals surface area contributed by atoms with Gasteiger partial charge in [0.05, 0.1) is 31.3 Å². The number of aromatic nitrogens is 3. The Labute approximate surface area is 141 Å². The van der Waals surface area contributed by atoms with E-state index < -0.39 is 0 Å². The van der Waals surface area contributed by atoms with Gasteiger partial charge in [0.1, 0.15) is 5.69 Å². The molecule has 6 nitrogen and oxygen atoms in total. The van der Waals surface area contributed by atoms with E-state index in [2.05, 4.69) is 15.6 Å². The number of hydrogen-bond donors (Lipinski definition) is 2. The topological polar surface area (TPSA) is 80.0 Å². The fourth-order valence-corrected chi connectivity index (χ4v) is 3.38. The summed E-state index contributed by atoms with van der Waals surface area (Å²) in [4.78, 5) is 12.5. The van der Waals surface area contributed by atoms with E-state index in [9.17, 15) is 4.79 Å². The van der Waals surface area contributed by atoms with Gasteiger partial charge in [-0.15, -0.1) is 5.10 Å². The van der Waals surface area contributed by atoms with Gasteiger partial charge in [-0.25, -0.2) is 4.68 Å². The van der Waals surface area contributed by atoms with Gasteiger partial charge in [0.25, 0.3) is 0 Å². The standard InChI is InChI=1S/C18H24N4O2/c1-13-6-2-3-7-14(13)10-18(24)19-16-8-4-5-9-17(16)22-11-15(12-23)20-21-22/h2-3,6-7,11,16-17,23H,4-5,8-10,12H2,1H3,(H,19,24)/t16-,17+/m0/s1. The summed E-state index contributed by atoms with van der Waals surface area (Å²) in [5, 5.41) is 20.4. The van der Waals surface area contributed by atoms with Gasteiger partial charge in [-0.05, 0) is 30.9 Å². The lowest BCUT2D eigenvalue weighted by atomic mass is 9.90. The fourth-order valence-electron chi connectivity index (χ4n) is 3.38. The van der Waals surface area contributed by atoms with Crippen LogP contribution in [0.1, 0.15) is 48.5 Å². The molecule has 0 saturated heterocycles. The number of benzene rings is 1. The molecule has 128 valence electrons. The highest BCUT2D eigenvalue weighted by molar-refractivity contribution is 5.79. The maximum absolute atomic E-state index is 12.5. The molecule has 1 fully saturated rings. The molecule has 0 spiro atoms. The van der Waals surface area contributed by atoms with E-state index in [4.69, 9.17) is 5.11 Å². The first kappa shape index (κ1) is 16.6. The molecular weight excluding hydrogens is 304 g/mol. The number of rotatable bonds is 5. The first-order valence-electron chi connectivity index (χ1n) is 8.53. The zero-order valence-electron chi connectivity index (χ0n) is 14.0. The molecule has 2 N–H and O–H groups in total. The first-order valence-corrected chi connectivity index (χ1v) is 8.53. The number of amides is 1. The van der Waals surface area contributed by atoms with Crippen molar-refractivity contribution in [2.45, 2.75) is 57.7 Å². The highest BCUT2D eigenvalue weighted by atomic mass is 16.3. The van der Waals surface area contributed by atoms with Crippen LogP contribution < -0.4 is 5.32 Å². The van der Waals surface area contributed by atoms with Crippen LogP contribution in [0.5, 0.6) is 0 Å². The summed E-state index contributed by atoms with van der Waals surface area (Å²) in [7, 11) is 0. The Morgan fingerprint density at radius 3 is 2.88 bits per heavy atom. The highest BCUT2D eigenvalue weighted by Gasteiger charge is 2.29. The summed E-state index contributed by atoms with van der Waals surface area (Å²) in [6.07, 6.45) is 6.30. The molecule has 0 aliphatic heterocycles. The van der Waals surface area contributed by atoms with Gasteiger partial charge < -0.3 is 10.4 Å². The molecule has 1 heterocycles. The third-order valence-corrected chi connectivity index (χ3v) is 4.75. The number of nitrogens with one attached hydrogen (secondary N) is 1. The number of aliphatic hydroxyl groups excluding tert-OH is 1. The summed E-state index contributed by atoms with van der Waals surface area (Å²) < 4.78 is 1.80. The van der Waals surface area contributed by atoms with Crippen molar-refractivity contribution < 1.29 is 9.90 Å². The van der Waals surface area contributed by atoms with Crippen LogP contribution in [0.25, 0.3) is 0 Å². The van der Waals surface area contributed by atoms with Gasteiger partial charge in [0, 0.05) is 0 Å². The maximum atomic E-state index is 12.5. The van der Waals surface area contributed by atoms with Crippen LogP contribution in [0.3, 0.4) is 0 Å². The zero-order chi connectivity index (χ0) is 16.9. The summed E-state index contributed by atoms with van der Waals surface area (Å²) in [6.45, 7) is 1.91. The zero-order valence-corrected chi connectivity index (χ0v) is 14.0. The maximum Gasteiger partial charge on any atom is 0.224 e. The molecule has 1 saturated carbocycles. The second-order valence-corrected chi connectivity index (χ2v) is 6.48. The lowest BCUT2D eigenvalue weighted by Gasteiger charge is -2.32. The van der Waals surface area contributed by atoms with E-state index in [1.54, 1.807) is 10.9 Å². The van der Waals surface area contributed by atoms with Crippen LogP contribution in [-0.4, -0.2) is 32.0 Å². The second-order valence-electron chi connectivity index (χ2n) is 6.48. The quantitative estimate of drug-likeness (QED) is 0.879. The largest absolute Gasteiger partial charge is 0.390 e. The van der Waals surface area contributed by atoms with Crippen LogP contribution in [0, 0.1) is 6.92 Å². The Kier molecular flexibility index (Phi) is 5.25. The monoisotopic (exact) mass is 328 g/mol. The molecule has 0 unspecified atom stereocenters. The van der Waals surface area contributed by atoms with Crippen molar-refractivity contribution in [1.82, 2.24) is 20.3 Å². The Balaban J connectivity index is 1.67. The lowest BCUT2D eigenvalue weighted by Crippen LogP contribution is -2.43. The molecule has 2 aromatic rings. The molecule has 2 atom stereocenters.